The van der Waals surface area contributed by atoms with E-state index in [1.165, 1.54) is 0 Å². The highest BCUT2D eigenvalue weighted by Gasteiger charge is 2.06. The highest BCUT2D eigenvalue weighted by atomic mass is 28.2. The fourth-order valence-corrected chi connectivity index (χ4v) is 0.919. The zero-order chi connectivity index (χ0) is 5.91. The molecule has 0 aromatic heterocycles. The molecule has 0 rings (SSSR count). The molecule has 1 radical (unpaired) electrons. The molecule has 43 valence electrons. The standard InChI is InChI=1S/C5H13OSi/c1-5(2,3)4-6-7/h4,7H2,1-3H3. The molecule has 1 nitrogen and oxygen atoms in total. The number of hydrogen-bond donors (Lipinski definition) is 0. The SMILES string of the molecule is CC(C)(C)CO[SiH2]. The lowest BCUT2D eigenvalue weighted by Gasteiger charge is -2.15. The van der Waals surface area contributed by atoms with Gasteiger partial charge in [0.1, 0.15) is 0 Å². The second kappa shape index (κ2) is 2.48. The molecule has 0 spiro atoms. The molecule has 0 aromatic rings. The van der Waals surface area contributed by atoms with Crippen LogP contribution in [0.15, 0.2) is 0 Å². The van der Waals surface area contributed by atoms with Gasteiger partial charge in [-0.2, -0.15) is 0 Å². The van der Waals surface area contributed by atoms with Gasteiger partial charge in [0, 0.05) is 6.61 Å². The van der Waals surface area contributed by atoms with Crippen molar-refractivity contribution >= 4 is 10.5 Å². The third-order valence-corrected chi connectivity index (χ3v) is 0.739. The Morgan fingerprint density at radius 3 is 1.86 bits per heavy atom. The van der Waals surface area contributed by atoms with Gasteiger partial charge in [0.2, 0.25) is 0 Å². The summed E-state index contributed by atoms with van der Waals surface area (Å²) in [4.78, 5) is 0. The minimum Gasteiger partial charge on any atom is -0.425 e. The van der Waals surface area contributed by atoms with Gasteiger partial charge in [-0.1, -0.05) is 20.8 Å². The molecule has 2 heteroatoms. The molecule has 0 saturated heterocycles. The van der Waals surface area contributed by atoms with E-state index in [1.54, 1.807) is 10.5 Å². The highest BCUT2D eigenvalue weighted by Crippen LogP contribution is 2.11. The van der Waals surface area contributed by atoms with E-state index in [9.17, 15) is 0 Å². The molecular weight excluding hydrogens is 104 g/mol. The van der Waals surface area contributed by atoms with E-state index in [4.69, 9.17) is 4.43 Å². The minimum absolute atomic E-state index is 0.335. The Labute approximate surface area is 48.6 Å². The Bertz CT molecular complexity index is 46.5. The third kappa shape index (κ3) is 6.18. The molecule has 0 atom stereocenters. The lowest BCUT2D eigenvalue weighted by molar-refractivity contribution is 0.213. The summed E-state index contributed by atoms with van der Waals surface area (Å²) in [5.41, 5.74) is 0.335. The largest absolute Gasteiger partial charge is 0.425 e. The number of hydrogen-bond acceptors (Lipinski definition) is 1. The van der Waals surface area contributed by atoms with Gasteiger partial charge < -0.3 is 4.43 Å². The Balaban J connectivity index is 3.15. The molecule has 0 N–H and O–H groups in total. The maximum absolute atomic E-state index is 4.93. The van der Waals surface area contributed by atoms with Gasteiger partial charge in [0.05, 0.1) is 0 Å². The van der Waals surface area contributed by atoms with Gasteiger partial charge in [-0.3, -0.25) is 0 Å². The van der Waals surface area contributed by atoms with Crippen LogP contribution in [-0.4, -0.2) is 17.1 Å². The lowest BCUT2D eigenvalue weighted by Crippen LogP contribution is -2.12. The molecule has 0 saturated carbocycles. The Kier molecular flexibility index (Phi) is 2.54. The predicted octanol–water partition coefficient (Wildman–Crippen LogP) is 0.597. The van der Waals surface area contributed by atoms with Crippen LogP contribution in [0.5, 0.6) is 0 Å². The van der Waals surface area contributed by atoms with Gasteiger partial charge in [0.25, 0.3) is 0 Å². The normalized spacial score (nSPS) is 12.0. The summed E-state index contributed by atoms with van der Waals surface area (Å²) in [6.45, 7) is 7.31. The first-order chi connectivity index (χ1) is 3.06. The van der Waals surface area contributed by atoms with Crippen molar-refractivity contribution < 1.29 is 4.43 Å². The van der Waals surface area contributed by atoms with E-state index in [1.807, 2.05) is 0 Å². The van der Waals surface area contributed by atoms with Crippen LogP contribution in [0.1, 0.15) is 20.8 Å². The second-order valence-electron chi connectivity index (χ2n) is 2.91. The van der Waals surface area contributed by atoms with E-state index >= 15 is 0 Å². The molecule has 0 aliphatic carbocycles. The second-order valence-corrected chi connectivity index (χ2v) is 3.32. The zero-order valence-electron chi connectivity index (χ0n) is 5.32. The van der Waals surface area contributed by atoms with Crippen molar-refractivity contribution in [3.63, 3.8) is 0 Å². The van der Waals surface area contributed by atoms with Crippen LogP contribution in [-0.2, 0) is 4.43 Å². The fourth-order valence-electron chi connectivity index (χ4n) is 0.306. The van der Waals surface area contributed by atoms with Gasteiger partial charge in [-0.25, -0.2) is 0 Å². The molecular formula is C5H13OSi. The molecule has 0 aliphatic rings. The first-order valence-corrected chi connectivity index (χ1v) is 3.01. The molecule has 0 heterocycles. The molecule has 0 aromatic carbocycles. The van der Waals surface area contributed by atoms with E-state index in [0.717, 1.165) is 6.61 Å². The maximum Gasteiger partial charge on any atom is 0.174 e. The zero-order valence-corrected chi connectivity index (χ0v) is 6.74. The van der Waals surface area contributed by atoms with Crippen molar-refractivity contribution in [2.75, 3.05) is 6.61 Å². The van der Waals surface area contributed by atoms with Crippen LogP contribution in [0, 0.1) is 5.41 Å². The smallest absolute Gasteiger partial charge is 0.174 e. The summed E-state index contributed by atoms with van der Waals surface area (Å²) in [7, 11) is 1.56. The fraction of sp³-hybridized carbons (Fsp3) is 1.00. The Morgan fingerprint density at radius 1 is 1.43 bits per heavy atom. The van der Waals surface area contributed by atoms with Gasteiger partial charge in [0.15, 0.2) is 10.5 Å². The Morgan fingerprint density at radius 2 is 1.86 bits per heavy atom. The number of rotatable bonds is 1. The van der Waals surface area contributed by atoms with E-state index in [-0.39, 0.29) is 0 Å². The predicted molar refractivity (Wildman–Crippen MR) is 34.0 cm³/mol. The van der Waals surface area contributed by atoms with Crippen molar-refractivity contribution in [2.24, 2.45) is 5.41 Å². The van der Waals surface area contributed by atoms with Crippen molar-refractivity contribution in [3.05, 3.63) is 0 Å². The first kappa shape index (κ1) is 7.18. The van der Waals surface area contributed by atoms with Crippen LogP contribution >= 0.6 is 0 Å². The molecule has 0 aliphatic heterocycles. The highest BCUT2D eigenvalue weighted by molar-refractivity contribution is 5.97. The van der Waals surface area contributed by atoms with Crippen molar-refractivity contribution in [1.82, 2.24) is 0 Å². The summed E-state index contributed by atoms with van der Waals surface area (Å²) in [6.07, 6.45) is 0. The molecule has 0 bridgehead atoms. The van der Waals surface area contributed by atoms with Crippen LogP contribution in [0.2, 0.25) is 0 Å². The topological polar surface area (TPSA) is 9.23 Å². The third-order valence-electron chi connectivity index (χ3n) is 0.535. The average molecular weight is 117 g/mol. The molecule has 0 unspecified atom stereocenters. The summed E-state index contributed by atoms with van der Waals surface area (Å²) in [5.74, 6) is 0. The summed E-state index contributed by atoms with van der Waals surface area (Å²) < 4.78 is 4.93. The Hall–Kier alpha value is 0.177. The lowest BCUT2D eigenvalue weighted by atomic mass is 9.99. The van der Waals surface area contributed by atoms with Crippen LogP contribution < -0.4 is 0 Å². The quantitative estimate of drug-likeness (QED) is 0.457. The van der Waals surface area contributed by atoms with Crippen molar-refractivity contribution in [3.8, 4) is 0 Å². The van der Waals surface area contributed by atoms with Crippen molar-refractivity contribution in [2.45, 2.75) is 20.8 Å². The molecule has 7 heavy (non-hydrogen) atoms. The summed E-state index contributed by atoms with van der Waals surface area (Å²) in [6, 6.07) is 0. The minimum atomic E-state index is 0.335. The van der Waals surface area contributed by atoms with Gasteiger partial charge in [-0.05, 0) is 5.41 Å². The monoisotopic (exact) mass is 117 g/mol. The van der Waals surface area contributed by atoms with Crippen LogP contribution in [0.25, 0.3) is 0 Å². The van der Waals surface area contributed by atoms with Gasteiger partial charge in [-0.15, -0.1) is 0 Å². The van der Waals surface area contributed by atoms with E-state index in [2.05, 4.69) is 20.8 Å². The first-order valence-electron chi connectivity index (χ1n) is 2.43. The molecule has 0 amide bonds. The summed E-state index contributed by atoms with van der Waals surface area (Å²) in [5, 5.41) is 0. The maximum atomic E-state index is 4.93. The van der Waals surface area contributed by atoms with E-state index in [0.29, 0.717) is 5.41 Å². The van der Waals surface area contributed by atoms with Crippen LogP contribution in [0.3, 0.4) is 0 Å². The summed E-state index contributed by atoms with van der Waals surface area (Å²) >= 11 is 0. The van der Waals surface area contributed by atoms with E-state index < -0.39 is 0 Å². The van der Waals surface area contributed by atoms with Crippen LogP contribution in [0.4, 0.5) is 0 Å². The van der Waals surface area contributed by atoms with Crippen molar-refractivity contribution in [1.29, 1.82) is 0 Å². The van der Waals surface area contributed by atoms with Gasteiger partial charge >= 0.3 is 0 Å². The molecule has 0 fully saturated rings. The average Bonchev–Trinajstić information content (AvgIpc) is 1.30.